The minimum absolute atomic E-state index is 0.341. The van der Waals surface area contributed by atoms with Crippen molar-refractivity contribution in [3.05, 3.63) is 47.8 Å². The summed E-state index contributed by atoms with van der Waals surface area (Å²) in [4.78, 5) is 15.7. The Balaban J connectivity index is 2.42. The SMILES string of the molecule is CCOC(=O)/C=C/c1nccc2ccc(C(C)C)cc12. The van der Waals surface area contributed by atoms with Gasteiger partial charge in [-0.2, -0.15) is 0 Å². The van der Waals surface area contributed by atoms with Crippen LogP contribution in [0.3, 0.4) is 0 Å². The summed E-state index contributed by atoms with van der Waals surface area (Å²) in [6.07, 6.45) is 4.89. The van der Waals surface area contributed by atoms with Crippen molar-refractivity contribution >= 4 is 22.8 Å². The van der Waals surface area contributed by atoms with E-state index in [1.807, 2.05) is 6.07 Å². The highest BCUT2D eigenvalue weighted by molar-refractivity contribution is 5.93. The molecule has 0 N–H and O–H groups in total. The van der Waals surface area contributed by atoms with Gasteiger partial charge in [0, 0.05) is 17.7 Å². The number of fused-ring (bicyclic) bond motifs is 1. The third-order valence-electron chi connectivity index (χ3n) is 3.15. The molecular formula is C17H19NO2. The number of hydrogen-bond acceptors (Lipinski definition) is 3. The van der Waals surface area contributed by atoms with Crippen LogP contribution < -0.4 is 0 Å². The average molecular weight is 269 g/mol. The Morgan fingerprint density at radius 2 is 2.15 bits per heavy atom. The van der Waals surface area contributed by atoms with Gasteiger partial charge in [-0.1, -0.05) is 26.0 Å². The lowest BCUT2D eigenvalue weighted by molar-refractivity contribution is -0.137. The molecule has 2 aromatic rings. The summed E-state index contributed by atoms with van der Waals surface area (Å²) in [6.45, 7) is 6.48. The number of nitrogens with zero attached hydrogens (tertiary/aromatic N) is 1. The molecule has 3 heteroatoms. The number of benzene rings is 1. The molecule has 0 spiro atoms. The van der Waals surface area contributed by atoms with Crippen LogP contribution in [0.1, 0.15) is 37.9 Å². The topological polar surface area (TPSA) is 39.2 Å². The fourth-order valence-electron chi connectivity index (χ4n) is 2.04. The second-order valence-electron chi connectivity index (χ2n) is 4.92. The van der Waals surface area contributed by atoms with Crippen molar-refractivity contribution in [2.24, 2.45) is 0 Å². The summed E-state index contributed by atoms with van der Waals surface area (Å²) in [7, 11) is 0. The molecule has 1 aromatic carbocycles. The van der Waals surface area contributed by atoms with Crippen LogP contribution >= 0.6 is 0 Å². The van der Waals surface area contributed by atoms with Crippen LogP contribution in [0.5, 0.6) is 0 Å². The van der Waals surface area contributed by atoms with Gasteiger partial charge in [0.05, 0.1) is 12.3 Å². The first-order valence-corrected chi connectivity index (χ1v) is 6.85. The van der Waals surface area contributed by atoms with Crippen molar-refractivity contribution in [1.82, 2.24) is 4.98 Å². The smallest absolute Gasteiger partial charge is 0.330 e. The number of carbonyl (C=O) groups excluding carboxylic acids is 1. The number of hydrogen-bond donors (Lipinski definition) is 0. The second kappa shape index (κ2) is 6.33. The molecule has 1 aromatic heterocycles. The molecule has 0 aliphatic carbocycles. The third kappa shape index (κ3) is 3.23. The number of aromatic nitrogens is 1. The van der Waals surface area contributed by atoms with E-state index >= 15 is 0 Å². The molecule has 2 rings (SSSR count). The van der Waals surface area contributed by atoms with E-state index in [0.717, 1.165) is 16.5 Å². The quantitative estimate of drug-likeness (QED) is 0.623. The molecule has 0 fully saturated rings. The highest BCUT2D eigenvalue weighted by Crippen LogP contribution is 2.23. The Hall–Kier alpha value is -2.16. The van der Waals surface area contributed by atoms with E-state index < -0.39 is 0 Å². The maximum atomic E-state index is 11.4. The van der Waals surface area contributed by atoms with E-state index in [2.05, 4.69) is 37.0 Å². The van der Waals surface area contributed by atoms with Gasteiger partial charge in [0.25, 0.3) is 0 Å². The molecule has 0 bridgehead atoms. The average Bonchev–Trinajstić information content (AvgIpc) is 2.44. The lowest BCUT2D eigenvalue weighted by Crippen LogP contribution is -1.99. The van der Waals surface area contributed by atoms with Gasteiger partial charge in [0.2, 0.25) is 0 Å². The van der Waals surface area contributed by atoms with Crippen LogP contribution in [-0.4, -0.2) is 17.6 Å². The fraction of sp³-hybridized carbons (Fsp3) is 0.294. The highest BCUT2D eigenvalue weighted by Gasteiger charge is 2.04. The number of pyridine rings is 1. The number of ether oxygens (including phenoxy) is 1. The molecule has 20 heavy (non-hydrogen) atoms. The molecule has 3 nitrogen and oxygen atoms in total. The lowest BCUT2D eigenvalue weighted by Gasteiger charge is -2.08. The number of carbonyl (C=O) groups is 1. The minimum atomic E-state index is -0.341. The third-order valence-corrected chi connectivity index (χ3v) is 3.15. The summed E-state index contributed by atoms with van der Waals surface area (Å²) in [5.41, 5.74) is 2.05. The largest absolute Gasteiger partial charge is 0.463 e. The van der Waals surface area contributed by atoms with E-state index in [-0.39, 0.29) is 5.97 Å². The first kappa shape index (κ1) is 14.3. The zero-order valence-corrected chi connectivity index (χ0v) is 12.1. The summed E-state index contributed by atoms with van der Waals surface area (Å²) in [6, 6.07) is 8.33. The zero-order chi connectivity index (χ0) is 14.5. The van der Waals surface area contributed by atoms with Gasteiger partial charge in [0.1, 0.15) is 0 Å². The monoisotopic (exact) mass is 269 g/mol. The molecule has 104 valence electrons. The summed E-state index contributed by atoms with van der Waals surface area (Å²) < 4.78 is 4.88. The molecule has 0 saturated heterocycles. The predicted molar refractivity (Wildman–Crippen MR) is 81.5 cm³/mol. The molecule has 0 saturated carbocycles. The predicted octanol–water partition coefficient (Wildman–Crippen LogP) is 3.93. The maximum Gasteiger partial charge on any atom is 0.330 e. The first-order chi connectivity index (χ1) is 9.61. The van der Waals surface area contributed by atoms with Gasteiger partial charge < -0.3 is 4.74 Å². The second-order valence-corrected chi connectivity index (χ2v) is 4.92. The van der Waals surface area contributed by atoms with Gasteiger partial charge in [0.15, 0.2) is 0 Å². The fourth-order valence-corrected chi connectivity index (χ4v) is 2.04. The van der Waals surface area contributed by atoms with Crippen molar-refractivity contribution in [2.75, 3.05) is 6.61 Å². The van der Waals surface area contributed by atoms with Crippen LogP contribution in [0.15, 0.2) is 36.5 Å². The Bertz CT molecular complexity index is 644. The standard InChI is InChI=1S/C17H19NO2/c1-4-20-17(19)8-7-16-15-11-14(12(2)3)6-5-13(15)9-10-18-16/h5-12H,4H2,1-3H3/b8-7+. The molecule has 0 aliphatic rings. The number of esters is 1. The van der Waals surface area contributed by atoms with E-state index in [1.54, 1.807) is 19.2 Å². The molecule has 0 aliphatic heterocycles. The lowest BCUT2D eigenvalue weighted by atomic mass is 9.99. The van der Waals surface area contributed by atoms with Crippen molar-refractivity contribution in [3.8, 4) is 0 Å². The van der Waals surface area contributed by atoms with E-state index in [9.17, 15) is 4.79 Å². The van der Waals surface area contributed by atoms with Gasteiger partial charge in [-0.3, -0.25) is 4.98 Å². The molecule has 1 heterocycles. The first-order valence-electron chi connectivity index (χ1n) is 6.85. The van der Waals surface area contributed by atoms with Gasteiger partial charge in [-0.05, 0) is 42.0 Å². The molecule has 0 radical (unpaired) electrons. The Morgan fingerprint density at radius 1 is 1.35 bits per heavy atom. The zero-order valence-electron chi connectivity index (χ0n) is 12.1. The van der Waals surface area contributed by atoms with E-state index in [1.165, 1.54) is 11.6 Å². The normalized spacial score (nSPS) is 11.4. The summed E-state index contributed by atoms with van der Waals surface area (Å²) in [5.74, 6) is 0.118. The molecule has 0 atom stereocenters. The molecule has 0 unspecified atom stereocenters. The van der Waals surface area contributed by atoms with Crippen LogP contribution in [0.4, 0.5) is 0 Å². The van der Waals surface area contributed by atoms with Crippen molar-refractivity contribution in [1.29, 1.82) is 0 Å². The van der Waals surface area contributed by atoms with Gasteiger partial charge >= 0.3 is 5.97 Å². The summed E-state index contributed by atoms with van der Waals surface area (Å²) in [5, 5.41) is 2.17. The maximum absolute atomic E-state index is 11.4. The molecule has 0 amide bonds. The Kier molecular flexibility index (Phi) is 4.51. The van der Waals surface area contributed by atoms with E-state index in [4.69, 9.17) is 4.74 Å². The van der Waals surface area contributed by atoms with Crippen molar-refractivity contribution in [2.45, 2.75) is 26.7 Å². The van der Waals surface area contributed by atoms with Crippen LogP contribution in [0.2, 0.25) is 0 Å². The molecular weight excluding hydrogens is 250 g/mol. The highest BCUT2D eigenvalue weighted by atomic mass is 16.5. The number of rotatable bonds is 4. The minimum Gasteiger partial charge on any atom is -0.463 e. The van der Waals surface area contributed by atoms with E-state index in [0.29, 0.717) is 12.5 Å². The van der Waals surface area contributed by atoms with Crippen LogP contribution in [0.25, 0.3) is 16.8 Å². The van der Waals surface area contributed by atoms with Crippen molar-refractivity contribution in [3.63, 3.8) is 0 Å². The Morgan fingerprint density at radius 3 is 2.85 bits per heavy atom. The van der Waals surface area contributed by atoms with Gasteiger partial charge in [-0.25, -0.2) is 4.79 Å². The Labute approximate surface area is 119 Å². The van der Waals surface area contributed by atoms with Crippen LogP contribution in [-0.2, 0) is 9.53 Å². The van der Waals surface area contributed by atoms with Crippen molar-refractivity contribution < 1.29 is 9.53 Å². The summed E-state index contributed by atoms with van der Waals surface area (Å²) >= 11 is 0. The van der Waals surface area contributed by atoms with Gasteiger partial charge in [-0.15, -0.1) is 0 Å². The van der Waals surface area contributed by atoms with Crippen LogP contribution in [0, 0.1) is 0 Å².